The second kappa shape index (κ2) is 8.11. The van der Waals surface area contributed by atoms with Gasteiger partial charge in [-0.1, -0.05) is 6.07 Å². The average Bonchev–Trinajstić information content (AvgIpc) is 2.68. The molecular formula is C18H13F3N4O5. The van der Waals surface area contributed by atoms with Crippen LogP contribution in [0.4, 0.5) is 18.9 Å². The predicted octanol–water partition coefficient (Wildman–Crippen LogP) is 1.48. The summed E-state index contributed by atoms with van der Waals surface area (Å²) >= 11 is 0. The zero-order chi connectivity index (χ0) is 21.9. The molecule has 30 heavy (non-hydrogen) atoms. The third-order valence-corrected chi connectivity index (χ3v) is 3.86. The third kappa shape index (κ3) is 4.84. The van der Waals surface area contributed by atoms with E-state index >= 15 is 0 Å². The van der Waals surface area contributed by atoms with Crippen LogP contribution in [0.25, 0.3) is 10.8 Å². The van der Waals surface area contributed by atoms with E-state index in [2.05, 4.69) is 25.6 Å². The average molecular weight is 422 g/mol. The molecule has 0 saturated heterocycles. The van der Waals surface area contributed by atoms with E-state index in [1.165, 1.54) is 18.2 Å². The normalized spacial score (nSPS) is 11.2. The van der Waals surface area contributed by atoms with Crippen LogP contribution in [0.15, 0.2) is 52.1 Å². The zero-order valence-electron chi connectivity index (χ0n) is 14.9. The molecule has 3 aromatic rings. The lowest BCUT2D eigenvalue weighted by Crippen LogP contribution is -2.33. The summed E-state index contributed by atoms with van der Waals surface area (Å²) in [6.45, 7) is -0.489. The summed E-state index contributed by atoms with van der Waals surface area (Å²) in [5.74, 6) is -1.89. The summed E-state index contributed by atoms with van der Waals surface area (Å²) in [4.78, 5) is 47.9. The zero-order valence-corrected chi connectivity index (χ0v) is 14.9. The summed E-state index contributed by atoms with van der Waals surface area (Å²) < 4.78 is 40.1. The number of carbonyl (C=O) groups is 2. The number of H-pyrrole nitrogens is 2. The van der Waals surface area contributed by atoms with Crippen LogP contribution < -0.4 is 26.5 Å². The van der Waals surface area contributed by atoms with Gasteiger partial charge in [0.15, 0.2) is 0 Å². The molecule has 2 amide bonds. The summed E-state index contributed by atoms with van der Waals surface area (Å²) in [6.07, 6.45) is -4.85. The molecule has 0 unspecified atom stereocenters. The molecule has 1 aromatic heterocycles. The van der Waals surface area contributed by atoms with E-state index in [4.69, 9.17) is 0 Å². The summed E-state index contributed by atoms with van der Waals surface area (Å²) in [6, 6.07) is 8.42. The van der Waals surface area contributed by atoms with Gasteiger partial charge < -0.3 is 15.4 Å². The lowest BCUT2D eigenvalue weighted by Gasteiger charge is -2.10. The van der Waals surface area contributed by atoms with E-state index in [0.29, 0.717) is 0 Å². The van der Waals surface area contributed by atoms with Gasteiger partial charge in [-0.2, -0.15) is 0 Å². The predicted molar refractivity (Wildman–Crippen MR) is 99.3 cm³/mol. The Bertz CT molecular complexity index is 1220. The number of amides is 2. The molecule has 0 aliphatic heterocycles. The maximum absolute atomic E-state index is 12.1. The molecule has 0 aliphatic carbocycles. The molecule has 1 heterocycles. The fourth-order valence-corrected chi connectivity index (χ4v) is 2.60. The van der Waals surface area contributed by atoms with Crippen molar-refractivity contribution in [2.75, 3.05) is 11.9 Å². The molecule has 156 valence electrons. The lowest BCUT2D eigenvalue weighted by atomic mass is 10.1. The summed E-state index contributed by atoms with van der Waals surface area (Å²) in [7, 11) is 0. The topological polar surface area (TPSA) is 133 Å². The number of nitrogens with one attached hydrogen (secondary N) is 4. The van der Waals surface area contributed by atoms with Crippen molar-refractivity contribution >= 4 is 28.3 Å². The smallest absolute Gasteiger partial charge is 0.406 e. The number of anilines is 1. The second-order valence-electron chi connectivity index (χ2n) is 5.94. The van der Waals surface area contributed by atoms with Crippen LogP contribution in [0, 0.1) is 0 Å². The van der Waals surface area contributed by atoms with Crippen molar-refractivity contribution in [3.8, 4) is 5.75 Å². The minimum absolute atomic E-state index is 0.00506. The largest absolute Gasteiger partial charge is 0.573 e. The van der Waals surface area contributed by atoms with Crippen LogP contribution in [0.2, 0.25) is 0 Å². The van der Waals surface area contributed by atoms with Gasteiger partial charge in [-0.15, -0.1) is 13.2 Å². The molecule has 3 rings (SSSR count). The van der Waals surface area contributed by atoms with Crippen molar-refractivity contribution in [3.63, 3.8) is 0 Å². The van der Waals surface area contributed by atoms with Crippen LogP contribution in [0.1, 0.15) is 10.4 Å². The molecule has 0 atom stereocenters. The number of aromatic nitrogens is 2. The summed E-state index contributed by atoms with van der Waals surface area (Å²) in [5.41, 5.74) is -1.09. The Kier molecular flexibility index (Phi) is 5.58. The highest BCUT2D eigenvalue weighted by Gasteiger charge is 2.31. The van der Waals surface area contributed by atoms with Crippen molar-refractivity contribution < 1.29 is 27.5 Å². The molecule has 12 heteroatoms. The van der Waals surface area contributed by atoms with Gasteiger partial charge in [0.25, 0.3) is 17.0 Å². The van der Waals surface area contributed by atoms with Gasteiger partial charge in [-0.25, -0.2) is 0 Å². The van der Waals surface area contributed by atoms with E-state index in [9.17, 15) is 32.3 Å². The monoisotopic (exact) mass is 422 g/mol. The quantitative estimate of drug-likeness (QED) is 0.494. The van der Waals surface area contributed by atoms with E-state index < -0.39 is 41.6 Å². The maximum Gasteiger partial charge on any atom is 0.573 e. The Morgan fingerprint density at radius 3 is 2.30 bits per heavy atom. The second-order valence-corrected chi connectivity index (χ2v) is 5.94. The molecule has 0 spiro atoms. The van der Waals surface area contributed by atoms with Crippen LogP contribution in [-0.2, 0) is 4.79 Å². The first kappa shape index (κ1) is 20.6. The van der Waals surface area contributed by atoms with Gasteiger partial charge in [-0.3, -0.25) is 29.4 Å². The first-order chi connectivity index (χ1) is 14.1. The van der Waals surface area contributed by atoms with Crippen molar-refractivity contribution in [1.29, 1.82) is 0 Å². The van der Waals surface area contributed by atoms with Crippen molar-refractivity contribution in [3.05, 3.63) is 68.7 Å². The van der Waals surface area contributed by atoms with E-state index in [0.717, 1.165) is 24.3 Å². The van der Waals surface area contributed by atoms with Gasteiger partial charge in [-0.05, 0) is 36.4 Å². The highest BCUT2D eigenvalue weighted by atomic mass is 19.4. The van der Waals surface area contributed by atoms with Gasteiger partial charge in [0.05, 0.1) is 23.0 Å². The van der Waals surface area contributed by atoms with E-state index in [-0.39, 0.29) is 22.0 Å². The van der Waals surface area contributed by atoms with Gasteiger partial charge in [0.2, 0.25) is 5.91 Å². The van der Waals surface area contributed by atoms with Gasteiger partial charge in [0, 0.05) is 5.56 Å². The van der Waals surface area contributed by atoms with Crippen LogP contribution in [0.5, 0.6) is 5.75 Å². The van der Waals surface area contributed by atoms with Crippen LogP contribution >= 0.6 is 0 Å². The van der Waals surface area contributed by atoms with Crippen molar-refractivity contribution in [2.24, 2.45) is 0 Å². The number of halogens is 3. The molecule has 0 fully saturated rings. The minimum Gasteiger partial charge on any atom is -0.406 e. The van der Waals surface area contributed by atoms with Crippen LogP contribution in [0.3, 0.4) is 0 Å². The Balaban J connectivity index is 1.65. The van der Waals surface area contributed by atoms with E-state index in [1.807, 2.05) is 0 Å². The maximum atomic E-state index is 12.1. The molecule has 0 radical (unpaired) electrons. The Hall–Kier alpha value is -4.09. The van der Waals surface area contributed by atoms with Crippen molar-refractivity contribution in [2.45, 2.75) is 6.36 Å². The molecular weight excluding hydrogens is 409 g/mol. The number of aromatic amines is 2. The fourth-order valence-electron chi connectivity index (χ4n) is 2.60. The van der Waals surface area contributed by atoms with Gasteiger partial charge >= 0.3 is 6.36 Å². The summed E-state index contributed by atoms with van der Waals surface area (Å²) in [5, 5.41) is 9.08. The molecule has 2 aromatic carbocycles. The number of fused-ring (bicyclic) bond motifs is 1. The first-order valence-corrected chi connectivity index (χ1v) is 8.31. The molecule has 4 N–H and O–H groups in total. The number of hydrogen-bond donors (Lipinski definition) is 4. The number of benzene rings is 2. The fraction of sp³-hybridized carbons (Fsp3) is 0.111. The first-order valence-electron chi connectivity index (χ1n) is 8.31. The number of carbonyl (C=O) groups excluding carboxylic acids is 2. The minimum atomic E-state index is -4.85. The highest BCUT2D eigenvalue weighted by molar-refractivity contribution is 6.04. The molecule has 9 nitrogen and oxygen atoms in total. The lowest BCUT2D eigenvalue weighted by molar-refractivity contribution is -0.274. The number of rotatable bonds is 5. The molecule has 0 saturated carbocycles. The highest BCUT2D eigenvalue weighted by Crippen LogP contribution is 2.22. The van der Waals surface area contributed by atoms with Crippen LogP contribution in [-0.4, -0.2) is 34.9 Å². The Morgan fingerprint density at radius 1 is 0.967 bits per heavy atom. The number of ether oxygens (including phenoxy) is 1. The molecule has 0 aliphatic rings. The third-order valence-electron chi connectivity index (χ3n) is 3.86. The Labute approximate surface area is 164 Å². The number of alkyl halides is 3. The SMILES string of the molecule is O=C(CNC(=O)c1ccc(OC(F)(F)F)cc1)Nc1cccc2c(=O)[nH][nH]c(=O)c12. The molecule has 0 bridgehead atoms. The van der Waals surface area contributed by atoms with Gasteiger partial charge in [0.1, 0.15) is 5.75 Å². The standard InChI is InChI=1S/C18H13F3N4O5/c19-18(20,21)30-10-6-4-9(5-7-10)15(27)22-8-13(26)23-12-3-1-2-11-14(12)17(29)25-24-16(11)28/h1-7H,8H2,(H,22,27)(H,23,26)(H,24,28)(H,25,29). The number of hydrogen-bond acceptors (Lipinski definition) is 5. The van der Waals surface area contributed by atoms with E-state index in [1.54, 1.807) is 0 Å². The van der Waals surface area contributed by atoms with Crippen molar-refractivity contribution in [1.82, 2.24) is 15.5 Å². The Morgan fingerprint density at radius 2 is 1.63 bits per heavy atom.